The Balaban J connectivity index is 5.00. The molecule has 14 nitrogen and oxygen atoms in total. The van der Waals surface area contributed by atoms with Gasteiger partial charge in [-0.2, -0.15) is 0 Å². The van der Waals surface area contributed by atoms with Gasteiger partial charge in [0, 0.05) is 12.8 Å². The van der Waals surface area contributed by atoms with Crippen LogP contribution in [0.5, 0.6) is 0 Å². The highest BCUT2D eigenvalue weighted by molar-refractivity contribution is 6.10. The largest absolute Gasteiger partial charge is 0.481 e. The van der Waals surface area contributed by atoms with Gasteiger partial charge < -0.3 is 38.3 Å². The zero-order chi connectivity index (χ0) is 41.1. The maximum atomic E-state index is 13.2. The van der Waals surface area contributed by atoms with Gasteiger partial charge in [-0.15, -0.1) is 0 Å². The molecule has 0 aliphatic heterocycles. The van der Waals surface area contributed by atoms with Gasteiger partial charge in [-0.05, 0) is 44.9 Å². The molecule has 6 atom stereocenters. The number of ketones is 4. The molecule has 0 saturated heterocycles. The van der Waals surface area contributed by atoms with Crippen molar-refractivity contribution in [2.45, 2.75) is 198 Å². The molecule has 0 spiro atoms. The van der Waals surface area contributed by atoms with Gasteiger partial charge in [-0.1, -0.05) is 117 Å². The van der Waals surface area contributed by atoms with Crippen molar-refractivity contribution >= 4 is 41.0 Å². The summed E-state index contributed by atoms with van der Waals surface area (Å²) < 4.78 is 0. The first kappa shape index (κ1) is 50.9. The first-order valence-corrected chi connectivity index (χ1v) is 20.4. The molecule has 0 aliphatic rings. The molecule has 0 aromatic rings. The molecule has 14 heteroatoms. The third-order valence-electron chi connectivity index (χ3n) is 10.4. The van der Waals surface area contributed by atoms with Crippen molar-refractivity contribution < 1.29 is 48.9 Å². The molecule has 11 N–H and O–H groups in total. The van der Waals surface area contributed by atoms with E-state index in [1.807, 2.05) is 0 Å². The van der Waals surface area contributed by atoms with Gasteiger partial charge in [0.15, 0.2) is 17.1 Å². The van der Waals surface area contributed by atoms with E-state index in [2.05, 4.69) is 13.8 Å². The molecule has 0 aliphatic carbocycles. The zero-order valence-corrected chi connectivity index (χ0v) is 33.1. The highest BCUT2D eigenvalue weighted by Crippen LogP contribution is 2.22. The monoisotopic (exact) mass is 769 g/mol. The normalized spacial score (nSPS) is 15.4. The molecule has 0 amide bonds. The number of unbranched alkanes of at least 4 members (excludes halogenated alkanes) is 16. The molecule has 0 aromatic heterocycles. The summed E-state index contributed by atoms with van der Waals surface area (Å²) in [6, 6.07) is -4.30. The second kappa shape index (κ2) is 29.2. The predicted octanol–water partition coefficient (Wildman–Crippen LogP) is 5.22. The fourth-order valence-corrected chi connectivity index (χ4v) is 6.72. The molecule has 3 unspecified atom stereocenters. The summed E-state index contributed by atoms with van der Waals surface area (Å²) >= 11 is 0. The fourth-order valence-electron chi connectivity index (χ4n) is 6.72. The Kier molecular flexibility index (Phi) is 27.6. The Hall–Kier alpha value is -3.07. The molecule has 0 radical (unpaired) electrons. The lowest BCUT2D eigenvalue weighted by molar-refractivity contribution is -0.150. The number of carboxylic acids is 3. The van der Waals surface area contributed by atoms with Crippen molar-refractivity contribution in [2.24, 2.45) is 34.8 Å². The SMILES string of the molecule is CCCCCCCCCCCC(=O)C(C[C@H](N)C(=O)C(N)CCC[C@](N)(C(=O)O)C(=O)[C@@H](N)CC(C(=O)O)C(=O)CCCCCCCCCCC)C(=O)O. The average Bonchev–Trinajstić information content (AvgIpc) is 3.12. The lowest BCUT2D eigenvalue weighted by Gasteiger charge is -2.28. The minimum atomic E-state index is -2.55. The first-order chi connectivity index (χ1) is 25.5. The molecule has 0 bridgehead atoms. The van der Waals surface area contributed by atoms with E-state index < -0.39 is 95.8 Å². The van der Waals surface area contributed by atoms with Gasteiger partial charge in [0.1, 0.15) is 23.4 Å². The number of carboxylic acid groups (broad SMARTS) is 3. The van der Waals surface area contributed by atoms with Gasteiger partial charge in [0.25, 0.3) is 0 Å². The summed E-state index contributed by atoms with van der Waals surface area (Å²) in [4.78, 5) is 87.6. The molecular weight excluding hydrogens is 696 g/mol. The topological polar surface area (TPSA) is 284 Å². The van der Waals surface area contributed by atoms with Crippen LogP contribution in [-0.2, 0) is 33.6 Å². The van der Waals surface area contributed by atoms with Crippen molar-refractivity contribution in [1.82, 2.24) is 0 Å². The smallest absolute Gasteiger partial charge is 0.331 e. The van der Waals surface area contributed by atoms with E-state index in [4.69, 9.17) is 22.9 Å². The van der Waals surface area contributed by atoms with Gasteiger partial charge in [0.2, 0.25) is 0 Å². The van der Waals surface area contributed by atoms with Crippen LogP contribution in [0.4, 0.5) is 0 Å². The van der Waals surface area contributed by atoms with E-state index in [0.29, 0.717) is 12.8 Å². The first-order valence-electron chi connectivity index (χ1n) is 20.4. The molecule has 0 aromatic carbocycles. The third kappa shape index (κ3) is 20.6. The summed E-state index contributed by atoms with van der Waals surface area (Å²) in [5, 5.41) is 29.2. The Bertz CT molecular complexity index is 1170. The van der Waals surface area contributed by atoms with E-state index in [1.54, 1.807) is 0 Å². The Morgan fingerprint density at radius 1 is 0.500 bits per heavy atom. The molecule has 54 heavy (non-hydrogen) atoms. The quantitative estimate of drug-likeness (QED) is 0.0315. The number of hydrogen-bond acceptors (Lipinski definition) is 11. The molecule has 0 fully saturated rings. The van der Waals surface area contributed by atoms with Crippen LogP contribution < -0.4 is 22.9 Å². The number of carbonyl (C=O) groups is 7. The zero-order valence-electron chi connectivity index (χ0n) is 33.1. The Morgan fingerprint density at radius 2 is 0.852 bits per heavy atom. The minimum absolute atomic E-state index is 0.00482. The van der Waals surface area contributed by atoms with E-state index >= 15 is 0 Å². The highest BCUT2D eigenvalue weighted by Gasteiger charge is 2.45. The van der Waals surface area contributed by atoms with Crippen molar-refractivity contribution in [3.8, 4) is 0 Å². The summed E-state index contributed by atoms with van der Waals surface area (Å²) in [6.45, 7) is 4.31. The maximum absolute atomic E-state index is 13.2. The fraction of sp³-hybridized carbons (Fsp3) is 0.825. The number of carbonyl (C=O) groups excluding carboxylic acids is 4. The maximum Gasteiger partial charge on any atom is 0.331 e. The second-order valence-electron chi connectivity index (χ2n) is 15.1. The number of Topliss-reactive ketones (excluding diaryl/α,β-unsaturated/α-hetero) is 4. The van der Waals surface area contributed by atoms with Crippen LogP contribution in [-0.4, -0.2) is 80.0 Å². The van der Waals surface area contributed by atoms with Crippen LogP contribution in [0.2, 0.25) is 0 Å². The van der Waals surface area contributed by atoms with E-state index in [1.165, 1.54) is 44.9 Å². The van der Waals surface area contributed by atoms with Crippen LogP contribution in [0.1, 0.15) is 174 Å². The van der Waals surface area contributed by atoms with Gasteiger partial charge in [0.05, 0.1) is 18.1 Å². The molecule has 0 heterocycles. The summed E-state index contributed by atoms with van der Waals surface area (Å²) in [5.41, 5.74) is 21.4. The van der Waals surface area contributed by atoms with E-state index in [9.17, 15) is 48.9 Å². The van der Waals surface area contributed by atoms with Gasteiger partial charge in [-0.3, -0.25) is 28.8 Å². The molecular formula is C40H72N4O10. The number of rotatable bonds is 37. The number of hydrogen-bond donors (Lipinski definition) is 7. The standard InChI is InChI=1S/C40H72N4O10/c1-3-5-7-9-11-13-15-17-19-23-33(45)28(37(49)50)26-31(42)35(47)30(41)22-21-25-40(44,39(53)54)36(48)32(43)27-29(38(51)52)34(46)24-20-18-16-14-12-10-8-6-4-2/h28-32H,3-27,41-44H2,1-2H3,(H,49,50)(H,51,52)(H,53,54)/t28?,29?,30?,31-,32-,40+/m0/s1. The minimum Gasteiger partial charge on any atom is -0.481 e. The Morgan fingerprint density at radius 3 is 1.20 bits per heavy atom. The second-order valence-corrected chi connectivity index (χ2v) is 15.1. The lowest BCUT2D eigenvalue weighted by atomic mass is 9.81. The van der Waals surface area contributed by atoms with Crippen LogP contribution in [0, 0.1) is 11.8 Å². The number of nitrogens with two attached hydrogens (primary N) is 4. The van der Waals surface area contributed by atoms with Crippen molar-refractivity contribution in [1.29, 1.82) is 0 Å². The van der Waals surface area contributed by atoms with Crippen LogP contribution >= 0.6 is 0 Å². The summed E-state index contributed by atoms with van der Waals surface area (Å²) in [6.07, 6.45) is 16.5. The van der Waals surface area contributed by atoms with E-state index in [-0.39, 0.29) is 25.7 Å². The van der Waals surface area contributed by atoms with Crippen LogP contribution in [0.25, 0.3) is 0 Å². The van der Waals surface area contributed by atoms with Gasteiger partial charge in [-0.25, -0.2) is 4.79 Å². The van der Waals surface area contributed by atoms with Gasteiger partial charge >= 0.3 is 17.9 Å². The van der Waals surface area contributed by atoms with E-state index in [0.717, 1.165) is 57.8 Å². The molecule has 0 rings (SSSR count). The summed E-state index contributed by atoms with van der Waals surface area (Å²) in [5.74, 6) is -10.6. The number of aliphatic carboxylic acids is 3. The third-order valence-corrected chi connectivity index (χ3v) is 10.4. The van der Waals surface area contributed by atoms with Crippen molar-refractivity contribution in [3.05, 3.63) is 0 Å². The summed E-state index contributed by atoms with van der Waals surface area (Å²) in [7, 11) is 0. The molecule has 312 valence electrons. The van der Waals surface area contributed by atoms with Crippen LogP contribution in [0.3, 0.4) is 0 Å². The predicted molar refractivity (Wildman–Crippen MR) is 208 cm³/mol. The average molecular weight is 769 g/mol. The van der Waals surface area contributed by atoms with Crippen molar-refractivity contribution in [2.75, 3.05) is 0 Å². The lowest BCUT2D eigenvalue weighted by Crippen LogP contribution is -2.60. The molecule has 0 saturated carbocycles. The van der Waals surface area contributed by atoms with Crippen molar-refractivity contribution in [3.63, 3.8) is 0 Å². The Labute approximate surface area is 322 Å². The van der Waals surface area contributed by atoms with Crippen LogP contribution in [0.15, 0.2) is 0 Å². The highest BCUT2D eigenvalue weighted by atomic mass is 16.4.